The van der Waals surface area contributed by atoms with Crippen LogP contribution in [0.4, 0.5) is 5.69 Å². The van der Waals surface area contributed by atoms with Gasteiger partial charge in [-0.3, -0.25) is 0 Å². The van der Waals surface area contributed by atoms with Crippen LogP contribution in [-0.4, -0.2) is 84.0 Å². The van der Waals surface area contributed by atoms with Gasteiger partial charge in [0.05, 0.1) is 44.3 Å². The molecule has 0 aliphatic carbocycles. The number of H-pyrrole nitrogens is 1. The average molecular weight is 433 g/mol. The zero-order valence-electron chi connectivity index (χ0n) is 16.3. The van der Waals surface area contributed by atoms with E-state index in [4.69, 9.17) is 31.2 Å². The van der Waals surface area contributed by atoms with Gasteiger partial charge in [-0.2, -0.15) is 5.26 Å². The fourth-order valence-corrected chi connectivity index (χ4v) is 3.20. The molecule has 2 atom stereocenters. The third kappa shape index (κ3) is 7.64. The molecule has 1 aromatic rings. The highest BCUT2D eigenvalue weighted by Gasteiger charge is 2.22. The van der Waals surface area contributed by atoms with Gasteiger partial charge in [0.25, 0.3) is 0 Å². The standard InChI is InChI=1S/C12H15N3O2S.C6H13NO2.ClH/c1-16-8-9-7-15(4-5-17-9)11-2-3-14-12(18)10(11)6-13;1-8-5-6-4-7-2-3-9-6;/h2-3,9H,4-5,7-8H2,1H3,(H,14,18);6-7H,2-5H2,1H3;1H. The zero-order chi connectivity index (χ0) is 19.5. The maximum atomic E-state index is 9.18. The third-order valence-electron chi connectivity index (χ3n) is 4.24. The highest BCUT2D eigenvalue weighted by atomic mass is 35.5. The molecule has 3 heterocycles. The van der Waals surface area contributed by atoms with Crippen LogP contribution in [0, 0.1) is 16.0 Å². The molecule has 10 heteroatoms. The fraction of sp³-hybridized carbons (Fsp3) is 0.667. The van der Waals surface area contributed by atoms with Crippen LogP contribution in [0.2, 0.25) is 0 Å². The first kappa shape index (κ1) is 24.8. The molecule has 1 aromatic heterocycles. The van der Waals surface area contributed by atoms with Crippen molar-refractivity contribution in [2.45, 2.75) is 12.2 Å². The summed E-state index contributed by atoms with van der Waals surface area (Å²) in [7, 11) is 3.35. The summed E-state index contributed by atoms with van der Waals surface area (Å²) in [6, 6.07) is 4.04. The van der Waals surface area contributed by atoms with Gasteiger partial charge in [0, 0.05) is 46.6 Å². The summed E-state index contributed by atoms with van der Waals surface area (Å²) in [5.74, 6) is 0. The van der Waals surface area contributed by atoms with Crippen molar-refractivity contribution in [3.05, 3.63) is 22.5 Å². The van der Waals surface area contributed by atoms with Crippen molar-refractivity contribution in [3.63, 3.8) is 0 Å². The lowest BCUT2D eigenvalue weighted by atomic mass is 10.2. The number of nitrogens with one attached hydrogen (secondary N) is 2. The van der Waals surface area contributed by atoms with Crippen molar-refractivity contribution in [2.75, 3.05) is 71.7 Å². The highest BCUT2D eigenvalue weighted by Crippen LogP contribution is 2.22. The minimum Gasteiger partial charge on any atom is -0.382 e. The molecule has 2 fully saturated rings. The molecule has 0 aromatic carbocycles. The number of halogens is 1. The van der Waals surface area contributed by atoms with Crippen LogP contribution in [0.5, 0.6) is 0 Å². The number of rotatable bonds is 5. The number of hydrogen-bond acceptors (Lipinski definition) is 8. The molecule has 0 bridgehead atoms. The van der Waals surface area contributed by atoms with Crippen molar-refractivity contribution in [1.29, 1.82) is 5.26 Å². The quantitative estimate of drug-likeness (QED) is 0.676. The molecule has 0 saturated carbocycles. The number of aromatic nitrogens is 1. The van der Waals surface area contributed by atoms with Gasteiger partial charge in [0.1, 0.15) is 16.3 Å². The maximum Gasteiger partial charge on any atom is 0.123 e. The van der Waals surface area contributed by atoms with E-state index in [1.54, 1.807) is 20.4 Å². The molecule has 2 N–H and O–H groups in total. The summed E-state index contributed by atoms with van der Waals surface area (Å²) in [5, 5.41) is 12.4. The van der Waals surface area contributed by atoms with Gasteiger partial charge < -0.3 is 34.1 Å². The van der Waals surface area contributed by atoms with Crippen molar-refractivity contribution in [1.82, 2.24) is 10.3 Å². The molecular formula is C18H29ClN4O4S. The number of hydrogen-bond donors (Lipinski definition) is 2. The molecule has 2 aliphatic heterocycles. The monoisotopic (exact) mass is 432 g/mol. The SMILES string of the molecule is COCC1CN(c2cc[nH]c(=S)c2C#N)CCO1.COCC1CNCCO1.Cl. The third-order valence-corrected chi connectivity index (χ3v) is 4.56. The predicted molar refractivity (Wildman–Crippen MR) is 112 cm³/mol. The lowest BCUT2D eigenvalue weighted by Gasteiger charge is -2.34. The van der Waals surface area contributed by atoms with E-state index in [9.17, 15) is 5.26 Å². The second-order valence-corrected chi connectivity index (χ2v) is 6.63. The Morgan fingerprint density at radius 2 is 1.96 bits per heavy atom. The lowest BCUT2D eigenvalue weighted by molar-refractivity contribution is -0.0188. The van der Waals surface area contributed by atoms with Gasteiger partial charge in [-0.15, -0.1) is 12.4 Å². The summed E-state index contributed by atoms with van der Waals surface area (Å²) < 4.78 is 21.4. The van der Waals surface area contributed by atoms with Crippen LogP contribution < -0.4 is 10.2 Å². The van der Waals surface area contributed by atoms with Gasteiger partial charge in [0.15, 0.2) is 0 Å². The first-order valence-corrected chi connectivity index (χ1v) is 9.39. The molecule has 0 spiro atoms. The fourth-order valence-electron chi connectivity index (χ4n) is 2.98. The average Bonchev–Trinajstić information content (AvgIpc) is 2.70. The van der Waals surface area contributed by atoms with Crippen LogP contribution in [0.15, 0.2) is 12.3 Å². The van der Waals surface area contributed by atoms with E-state index in [0.29, 0.717) is 36.6 Å². The first-order valence-electron chi connectivity index (χ1n) is 8.98. The van der Waals surface area contributed by atoms with Gasteiger partial charge in [-0.05, 0) is 6.07 Å². The molecule has 8 nitrogen and oxygen atoms in total. The Balaban J connectivity index is 0.000000332. The Labute approximate surface area is 177 Å². The number of morpholine rings is 2. The Bertz CT molecular complexity index is 659. The van der Waals surface area contributed by atoms with E-state index in [1.165, 1.54) is 0 Å². The topological polar surface area (TPSA) is 91.8 Å². The molecule has 2 aliphatic rings. The minimum absolute atomic E-state index is 0. The largest absolute Gasteiger partial charge is 0.382 e. The van der Waals surface area contributed by atoms with Crippen LogP contribution in [0.3, 0.4) is 0 Å². The summed E-state index contributed by atoms with van der Waals surface area (Å²) in [6.07, 6.45) is 2.07. The zero-order valence-corrected chi connectivity index (χ0v) is 17.9. The molecule has 158 valence electrons. The smallest absolute Gasteiger partial charge is 0.123 e. The number of nitriles is 1. The minimum atomic E-state index is 0. The summed E-state index contributed by atoms with van der Waals surface area (Å²) in [4.78, 5) is 5.00. The van der Waals surface area contributed by atoms with Gasteiger partial charge in [0.2, 0.25) is 0 Å². The number of aromatic amines is 1. The van der Waals surface area contributed by atoms with Crippen LogP contribution in [0.25, 0.3) is 0 Å². The molecule has 28 heavy (non-hydrogen) atoms. The molecule has 0 radical (unpaired) electrons. The molecule has 2 unspecified atom stereocenters. The van der Waals surface area contributed by atoms with Crippen LogP contribution >= 0.6 is 24.6 Å². The Morgan fingerprint density at radius 3 is 2.61 bits per heavy atom. The molecule has 3 rings (SSSR count). The first-order chi connectivity index (χ1) is 13.2. The molecule has 0 amide bonds. The number of ether oxygens (including phenoxy) is 4. The van der Waals surface area contributed by atoms with Crippen LogP contribution in [0.1, 0.15) is 5.56 Å². The molecular weight excluding hydrogens is 404 g/mol. The van der Waals surface area contributed by atoms with E-state index >= 15 is 0 Å². The summed E-state index contributed by atoms with van der Waals surface area (Å²) >= 11 is 5.13. The van der Waals surface area contributed by atoms with E-state index in [1.807, 2.05) is 6.07 Å². The Morgan fingerprint density at radius 1 is 1.25 bits per heavy atom. The van der Waals surface area contributed by atoms with Crippen molar-refractivity contribution >= 4 is 30.3 Å². The number of methoxy groups -OCH3 is 2. The van der Waals surface area contributed by atoms with E-state index < -0.39 is 0 Å². The van der Waals surface area contributed by atoms with Crippen LogP contribution in [-0.2, 0) is 18.9 Å². The maximum absolute atomic E-state index is 9.18. The van der Waals surface area contributed by atoms with E-state index in [0.717, 1.165) is 31.9 Å². The van der Waals surface area contributed by atoms with E-state index in [-0.39, 0.29) is 24.6 Å². The normalized spacial score (nSPS) is 21.7. The van der Waals surface area contributed by atoms with E-state index in [2.05, 4.69) is 21.3 Å². The van der Waals surface area contributed by atoms with Gasteiger partial charge in [-0.1, -0.05) is 12.2 Å². The predicted octanol–water partition coefficient (Wildman–Crippen LogP) is 1.51. The van der Waals surface area contributed by atoms with Crippen molar-refractivity contribution in [2.24, 2.45) is 0 Å². The number of anilines is 1. The number of nitrogens with zero attached hydrogens (tertiary/aromatic N) is 2. The van der Waals surface area contributed by atoms with Gasteiger partial charge >= 0.3 is 0 Å². The lowest BCUT2D eigenvalue weighted by Crippen LogP contribution is -2.44. The number of pyridine rings is 1. The Hall–Kier alpha value is -1.25. The molecule has 2 saturated heterocycles. The van der Waals surface area contributed by atoms with Crippen molar-refractivity contribution < 1.29 is 18.9 Å². The second-order valence-electron chi connectivity index (χ2n) is 6.23. The highest BCUT2D eigenvalue weighted by molar-refractivity contribution is 7.71. The summed E-state index contributed by atoms with van der Waals surface area (Å²) in [5.41, 5.74) is 1.39. The van der Waals surface area contributed by atoms with Crippen molar-refractivity contribution in [3.8, 4) is 6.07 Å². The Kier molecular flexibility index (Phi) is 12.3. The summed E-state index contributed by atoms with van der Waals surface area (Å²) in [6.45, 7) is 6.06. The second kappa shape index (κ2) is 13.8. The van der Waals surface area contributed by atoms with Gasteiger partial charge in [-0.25, -0.2) is 0 Å².